The lowest BCUT2D eigenvalue weighted by atomic mass is 9.93. The van der Waals surface area contributed by atoms with Gasteiger partial charge < -0.3 is 25.1 Å². The van der Waals surface area contributed by atoms with Gasteiger partial charge in [-0.3, -0.25) is 14.4 Å². The number of carbonyl (C=O) groups is 3. The lowest BCUT2D eigenvalue weighted by Gasteiger charge is -2.29. The van der Waals surface area contributed by atoms with Gasteiger partial charge in [-0.15, -0.1) is 0 Å². The summed E-state index contributed by atoms with van der Waals surface area (Å²) < 4.78 is 27.3. The van der Waals surface area contributed by atoms with E-state index >= 15 is 0 Å². The normalized spacial score (nSPS) is 19.8. The Kier molecular flexibility index (Phi) is 13.5. The topological polar surface area (TPSA) is 157 Å². The summed E-state index contributed by atoms with van der Waals surface area (Å²) in [7, 11) is -1.47. The van der Waals surface area contributed by atoms with Gasteiger partial charge in [-0.25, -0.2) is 13.9 Å². The number of oxazole rings is 1. The van der Waals surface area contributed by atoms with Crippen molar-refractivity contribution in [2.45, 2.75) is 95.0 Å². The molecule has 2 aromatic carbocycles. The van der Waals surface area contributed by atoms with Crippen molar-refractivity contribution in [1.82, 2.24) is 19.9 Å². The Labute approximate surface area is 294 Å². The molecule has 2 fully saturated rings. The summed E-state index contributed by atoms with van der Waals surface area (Å²) in [5, 5.41) is 3.54. The third-order valence-corrected chi connectivity index (χ3v) is 9.94. The van der Waals surface area contributed by atoms with Gasteiger partial charge in [0, 0.05) is 24.2 Å². The number of likely N-dealkylation sites (tertiary alicyclic amines) is 1. The summed E-state index contributed by atoms with van der Waals surface area (Å²) in [5.74, 6) is -1.36. The molecule has 49 heavy (non-hydrogen) atoms. The first kappa shape index (κ1) is 36.9. The number of nitrogens with two attached hydrogens (primary N) is 1. The number of aromatic nitrogens is 1. The number of nitrogens with one attached hydrogen (secondary N) is 2. The lowest BCUT2D eigenvalue weighted by Crippen LogP contribution is -2.54. The van der Waals surface area contributed by atoms with Gasteiger partial charge >= 0.3 is 0 Å². The Morgan fingerprint density at radius 2 is 1.86 bits per heavy atom. The van der Waals surface area contributed by atoms with E-state index in [4.69, 9.17) is 26.5 Å². The minimum absolute atomic E-state index is 0.0896. The molecular weight excluding hydrogens is 666 g/mol. The average Bonchev–Trinajstić information content (AvgIpc) is 3.74. The second kappa shape index (κ2) is 18.0. The number of hydrogen-bond donors (Lipinski definition) is 3. The van der Waals surface area contributed by atoms with E-state index in [1.54, 1.807) is 36.4 Å². The monoisotopic (exact) mass is 711 g/mol. The van der Waals surface area contributed by atoms with Crippen molar-refractivity contribution in [2.24, 2.45) is 5.73 Å². The molecular formula is C36H46ClN5O6S. The van der Waals surface area contributed by atoms with Crippen molar-refractivity contribution in [3.63, 3.8) is 0 Å². The molecule has 0 radical (unpaired) electrons. The van der Waals surface area contributed by atoms with E-state index < -0.39 is 46.9 Å². The van der Waals surface area contributed by atoms with E-state index in [1.165, 1.54) is 23.1 Å². The number of benzene rings is 2. The molecule has 11 nitrogen and oxygen atoms in total. The number of rotatable bonds is 16. The maximum absolute atomic E-state index is 14.2. The predicted molar refractivity (Wildman–Crippen MR) is 190 cm³/mol. The Hall–Kier alpha value is -3.42. The zero-order valence-corrected chi connectivity index (χ0v) is 29.5. The first-order chi connectivity index (χ1) is 23.7. The second-order valence-electron chi connectivity index (χ2n) is 12.8. The third-order valence-electron chi connectivity index (χ3n) is 9.08. The maximum Gasteiger partial charge on any atom is 0.266 e. The molecule has 2 heterocycles. The average molecular weight is 712 g/mol. The Morgan fingerprint density at radius 3 is 2.57 bits per heavy atom. The number of carbonyl (C=O) groups excluding carboxylic acids is 3. The second-order valence-corrected chi connectivity index (χ2v) is 14.4. The minimum atomic E-state index is -1.47. The number of unbranched alkanes of at least 4 members (excludes halogenated alkanes) is 1. The van der Waals surface area contributed by atoms with Crippen LogP contribution >= 0.6 is 11.6 Å². The number of ether oxygens (including phenoxy) is 1. The molecule has 264 valence electrons. The highest BCUT2D eigenvalue weighted by Crippen LogP contribution is 2.27. The highest BCUT2D eigenvalue weighted by Gasteiger charge is 2.43. The molecule has 13 heteroatoms. The number of nitrogens with zero attached hydrogens (tertiary/aromatic N) is 2. The molecule has 1 aliphatic carbocycles. The predicted octanol–water partition coefficient (Wildman–Crippen LogP) is 5.00. The molecule has 0 bridgehead atoms. The molecule has 2 aliphatic rings. The molecule has 1 unspecified atom stereocenters. The number of allylic oxidation sites excluding steroid dienone is 1. The highest BCUT2D eigenvalue weighted by atomic mass is 35.5. The third kappa shape index (κ3) is 10.3. The van der Waals surface area contributed by atoms with Crippen LogP contribution in [0.25, 0.3) is 11.1 Å². The Balaban J connectivity index is 1.37. The first-order valence-corrected chi connectivity index (χ1v) is 19.0. The Bertz CT molecular complexity index is 1610. The van der Waals surface area contributed by atoms with Crippen LogP contribution in [0.1, 0.15) is 80.5 Å². The molecule has 3 aromatic rings. The molecule has 1 aromatic heterocycles. The molecule has 0 spiro atoms. The number of Topliss-reactive ketones (excluding diaryl/α,β-unsaturated/α-hetero) is 1. The number of halogens is 1. The maximum atomic E-state index is 14.2. The van der Waals surface area contributed by atoms with Crippen LogP contribution in [-0.2, 0) is 31.9 Å². The van der Waals surface area contributed by atoms with Crippen LogP contribution in [0.3, 0.4) is 0 Å². The number of fused-ring (bicyclic) bond motifs is 1. The van der Waals surface area contributed by atoms with Crippen LogP contribution in [0.5, 0.6) is 0 Å². The van der Waals surface area contributed by atoms with E-state index in [2.05, 4.69) is 21.1 Å². The van der Waals surface area contributed by atoms with E-state index in [9.17, 15) is 18.6 Å². The largest absolute Gasteiger partial charge is 0.434 e. The number of para-hydroxylation sites is 2. The standard InChI is InChI=1S/C36H46ClN5O6S/c1-49(46)41-30(19-16-24-9-3-2-4-10-24)36(45)42-22-27(47-23-25-14-17-26(37)18-15-25)21-31(42)34(44)39-29(12-7-8-20-38)33(43)35-40-28-11-5-6-13-32(28)48-35/h5-6,11,13-18,27,29-31,41H,2-4,7-10,12,19-23,38H2,1H3,(H,39,44)/t27-,29+,30-,31+,49?/m1/s1. The van der Waals surface area contributed by atoms with Gasteiger partial charge in [0.15, 0.2) is 5.58 Å². The van der Waals surface area contributed by atoms with Crippen molar-refractivity contribution in [3.8, 4) is 0 Å². The van der Waals surface area contributed by atoms with Crippen LogP contribution in [0, 0.1) is 0 Å². The van der Waals surface area contributed by atoms with Crippen molar-refractivity contribution in [3.05, 3.63) is 76.7 Å². The van der Waals surface area contributed by atoms with Gasteiger partial charge in [-0.2, -0.15) is 0 Å². The van der Waals surface area contributed by atoms with Crippen LogP contribution in [-0.4, -0.2) is 75.3 Å². The molecule has 1 aliphatic heterocycles. The van der Waals surface area contributed by atoms with Gasteiger partial charge in [0.05, 0.1) is 29.7 Å². The van der Waals surface area contributed by atoms with E-state index in [-0.39, 0.29) is 31.4 Å². The van der Waals surface area contributed by atoms with Crippen LogP contribution in [0.2, 0.25) is 5.02 Å². The summed E-state index contributed by atoms with van der Waals surface area (Å²) >= 11 is 6.05. The van der Waals surface area contributed by atoms with Crippen molar-refractivity contribution in [2.75, 3.05) is 19.3 Å². The smallest absolute Gasteiger partial charge is 0.266 e. The van der Waals surface area contributed by atoms with Crippen LogP contribution in [0.4, 0.5) is 0 Å². The fourth-order valence-corrected chi connectivity index (χ4v) is 7.18. The van der Waals surface area contributed by atoms with E-state index in [0.717, 1.165) is 31.2 Å². The fourth-order valence-electron chi connectivity index (χ4n) is 6.46. The van der Waals surface area contributed by atoms with Crippen molar-refractivity contribution < 1.29 is 27.7 Å². The summed E-state index contributed by atoms with van der Waals surface area (Å²) in [6.45, 7) is 0.869. The number of ketones is 1. The Morgan fingerprint density at radius 1 is 1.10 bits per heavy atom. The van der Waals surface area contributed by atoms with Crippen LogP contribution in [0.15, 0.2) is 64.6 Å². The summed E-state index contributed by atoms with van der Waals surface area (Å²) in [5.41, 5.74) is 8.95. The molecule has 1 saturated heterocycles. The fraction of sp³-hybridized carbons (Fsp3) is 0.500. The molecule has 5 atom stereocenters. The van der Waals surface area contributed by atoms with Crippen LogP contribution < -0.4 is 15.8 Å². The molecule has 1 saturated carbocycles. The van der Waals surface area contributed by atoms with Gasteiger partial charge in [-0.05, 0) is 87.7 Å². The van der Waals surface area contributed by atoms with Gasteiger partial charge in [0.1, 0.15) is 17.6 Å². The highest BCUT2D eigenvalue weighted by molar-refractivity contribution is 7.82. The zero-order chi connectivity index (χ0) is 34.8. The zero-order valence-electron chi connectivity index (χ0n) is 27.9. The summed E-state index contributed by atoms with van der Waals surface area (Å²) in [4.78, 5) is 47.9. The van der Waals surface area contributed by atoms with Crippen molar-refractivity contribution in [1.29, 1.82) is 0 Å². The first-order valence-electron chi connectivity index (χ1n) is 17.1. The summed E-state index contributed by atoms with van der Waals surface area (Å²) in [6.07, 6.45) is 10.7. The molecule has 4 N–H and O–H groups in total. The minimum Gasteiger partial charge on any atom is -0.434 e. The van der Waals surface area contributed by atoms with Gasteiger partial charge in [-0.1, -0.05) is 53.9 Å². The van der Waals surface area contributed by atoms with E-state index in [0.29, 0.717) is 48.4 Å². The SMILES string of the molecule is CS(=O)N[C@H](CC=C1CCCCC1)C(=O)N1C[C@H](OCc2ccc(Cl)cc2)C[C@H]1C(=O)N[C@@H](CCCCN)C(=O)c1nc2ccccc2o1. The van der Waals surface area contributed by atoms with Crippen molar-refractivity contribution >= 4 is 51.3 Å². The number of amides is 2. The molecule has 5 rings (SSSR count). The quantitative estimate of drug-likeness (QED) is 0.107. The van der Waals surface area contributed by atoms with E-state index in [1.807, 2.05) is 12.1 Å². The lowest BCUT2D eigenvalue weighted by molar-refractivity contribution is -0.140. The number of hydrogen-bond acceptors (Lipinski definition) is 8. The van der Waals surface area contributed by atoms with Gasteiger partial charge in [0.25, 0.3) is 5.89 Å². The summed E-state index contributed by atoms with van der Waals surface area (Å²) in [6, 6.07) is 11.7. The molecule has 2 amide bonds. The van der Waals surface area contributed by atoms with Gasteiger partial charge in [0.2, 0.25) is 17.6 Å².